The molecular weight excluding hydrogens is 254 g/mol. The lowest BCUT2D eigenvalue weighted by Gasteiger charge is -2.04. The summed E-state index contributed by atoms with van der Waals surface area (Å²) in [6.07, 6.45) is 2.46. The molecule has 0 radical (unpaired) electrons. The smallest absolute Gasteiger partial charge is 0.350 e. The van der Waals surface area contributed by atoms with Crippen molar-refractivity contribution in [3.05, 3.63) is 65.2 Å². The molecule has 0 N–H and O–H groups in total. The number of aromatic nitrogens is 3. The van der Waals surface area contributed by atoms with Gasteiger partial charge in [-0.05, 0) is 24.3 Å². The van der Waals surface area contributed by atoms with Gasteiger partial charge in [-0.3, -0.25) is 4.40 Å². The monoisotopic (exact) mass is 269 g/mol. The molecule has 0 spiro atoms. The van der Waals surface area contributed by atoms with Gasteiger partial charge in [0.05, 0.1) is 6.61 Å². The molecule has 0 saturated heterocycles. The highest BCUT2D eigenvalue weighted by Gasteiger charge is 2.05. The van der Waals surface area contributed by atoms with E-state index >= 15 is 0 Å². The second-order valence-corrected chi connectivity index (χ2v) is 4.45. The highest BCUT2D eigenvalue weighted by atomic mass is 16.5. The topological polar surface area (TPSA) is 48.5 Å². The van der Waals surface area contributed by atoms with Gasteiger partial charge in [0, 0.05) is 19.2 Å². The van der Waals surface area contributed by atoms with Crippen molar-refractivity contribution >= 4 is 5.65 Å². The van der Waals surface area contributed by atoms with Gasteiger partial charge in [0.25, 0.3) is 0 Å². The van der Waals surface area contributed by atoms with E-state index in [1.807, 2.05) is 48.5 Å². The Kier molecular flexibility index (Phi) is 3.50. The van der Waals surface area contributed by atoms with Crippen molar-refractivity contribution in [1.82, 2.24) is 14.2 Å². The van der Waals surface area contributed by atoms with Gasteiger partial charge in [-0.25, -0.2) is 9.48 Å². The molecule has 0 fully saturated rings. The fourth-order valence-corrected chi connectivity index (χ4v) is 2.03. The van der Waals surface area contributed by atoms with Crippen LogP contribution in [-0.4, -0.2) is 20.8 Å². The third kappa shape index (κ3) is 2.56. The molecule has 20 heavy (non-hydrogen) atoms. The van der Waals surface area contributed by atoms with E-state index in [0.717, 1.165) is 12.2 Å². The molecule has 0 bridgehead atoms. The number of benzene rings is 1. The number of rotatable bonds is 5. The van der Waals surface area contributed by atoms with Crippen LogP contribution < -0.4 is 10.4 Å². The molecule has 0 saturated carbocycles. The second-order valence-electron chi connectivity index (χ2n) is 4.45. The average Bonchev–Trinajstić information content (AvgIpc) is 2.82. The molecule has 0 aliphatic carbocycles. The first kappa shape index (κ1) is 12.5. The Bertz CT molecular complexity index is 746. The Balaban J connectivity index is 1.60. The van der Waals surface area contributed by atoms with E-state index in [2.05, 4.69) is 5.10 Å². The molecule has 0 atom stereocenters. The van der Waals surface area contributed by atoms with Gasteiger partial charge < -0.3 is 4.74 Å². The predicted molar refractivity (Wildman–Crippen MR) is 76.0 cm³/mol. The summed E-state index contributed by atoms with van der Waals surface area (Å²) in [5.41, 5.74) is 0.557. The molecule has 5 heteroatoms. The summed E-state index contributed by atoms with van der Waals surface area (Å²) in [5.74, 6) is 0.842. The first-order valence-electron chi connectivity index (χ1n) is 6.57. The van der Waals surface area contributed by atoms with Crippen LogP contribution in [-0.2, 0) is 6.54 Å². The van der Waals surface area contributed by atoms with E-state index in [9.17, 15) is 4.79 Å². The first-order valence-corrected chi connectivity index (χ1v) is 6.57. The van der Waals surface area contributed by atoms with Crippen LogP contribution in [0.3, 0.4) is 0 Å². The average molecular weight is 269 g/mol. The Hall–Kier alpha value is -2.56. The zero-order chi connectivity index (χ0) is 13.8. The third-order valence-corrected chi connectivity index (χ3v) is 3.01. The Morgan fingerprint density at radius 3 is 2.65 bits per heavy atom. The first-order chi connectivity index (χ1) is 9.84. The highest BCUT2D eigenvalue weighted by Crippen LogP contribution is 2.08. The van der Waals surface area contributed by atoms with Crippen molar-refractivity contribution in [1.29, 1.82) is 0 Å². The number of aryl methyl sites for hydroxylation is 1. The van der Waals surface area contributed by atoms with Gasteiger partial charge in [-0.15, -0.1) is 5.10 Å². The lowest BCUT2D eigenvalue weighted by molar-refractivity contribution is 0.297. The Morgan fingerprint density at radius 1 is 1.05 bits per heavy atom. The SMILES string of the molecule is O=c1n(CCCOc2ccccc2)nc2ccccn12. The second kappa shape index (κ2) is 5.61. The van der Waals surface area contributed by atoms with E-state index in [-0.39, 0.29) is 5.69 Å². The van der Waals surface area contributed by atoms with Crippen molar-refractivity contribution in [2.24, 2.45) is 0 Å². The summed E-state index contributed by atoms with van der Waals surface area (Å²) < 4.78 is 8.61. The highest BCUT2D eigenvalue weighted by molar-refractivity contribution is 5.35. The van der Waals surface area contributed by atoms with E-state index in [0.29, 0.717) is 18.8 Å². The van der Waals surface area contributed by atoms with Crippen LogP contribution in [0, 0.1) is 0 Å². The minimum absolute atomic E-state index is 0.111. The molecule has 0 aliphatic rings. The van der Waals surface area contributed by atoms with Crippen molar-refractivity contribution in [3.63, 3.8) is 0 Å². The van der Waals surface area contributed by atoms with Crippen LogP contribution in [0.2, 0.25) is 0 Å². The summed E-state index contributed by atoms with van der Waals surface area (Å²) in [6, 6.07) is 15.1. The summed E-state index contributed by atoms with van der Waals surface area (Å²) in [6.45, 7) is 1.11. The molecule has 2 heterocycles. The number of ether oxygens (including phenoxy) is 1. The Morgan fingerprint density at radius 2 is 1.85 bits per heavy atom. The molecule has 3 rings (SSSR count). The van der Waals surface area contributed by atoms with Crippen molar-refractivity contribution in [3.8, 4) is 5.75 Å². The maximum absolute atomic E-state index is 12.0. The number of hydrogen-bond donors (Lipinski definition) is 0. The van der Waals surface area contributed by atoms with Gasteiger partial charge in [-0.2, -0.15) is 0 Å². The molecule has 2 aromatic heterocycles. The summed E-state index contributed by atoms with van der Waals surface area (Å²) in [4.78, 5) is 12.0. The molecule has 102 valence electrons. The van der Waals surface area contributed by atoms with Crippen LogP contribution in [0.4, 0.5) is 0 Å². The maximum Gasteiger partial charge on any atom is 0.350 e. The summed E-state index contributed by atoms with van der Waals surface area (Å²) in [7, 11) is 0. The fourth-order valence-electron chi connectivity index (χ4n) is 2.03. The van der Waals surface area contributed by atoms with Crippen LogP contribution in [0.1, 0.15) is 6.42 Å². The minimum Gasteiger partial charge on any atom is -0.494 e. The van der Waals surface area contributed by atoms with Gasteiger partial charge in [0.1, 0.15) is 5.75 Å². The van der Waals surface area contributed by atoms with E-state index in [1.165, 1.54) is 9.08 Å². The number of para-hydroxylation sites is 1. The lowest BCUT2D eigenvalue weighted by atomic mass is 10.3. The molecule has 1 aromatic carbocycles. The minimum atomic E-state index is -0.111. The van der Waals surface area contributed by atoms with Gasteiger partial charge in [-0.1, -0.05) is 24.3 Å². The van der Waals surface area contributed by atoms with E-state index < -0.39 is 0 Å². The van der Waals surface area contributed by atoms with Gasteiger partial charge in [0.15, 0.2) is 5.65 Å². The molecular formula is C15H15N3O2. The molecule has 3 aromatic rings. The zero-order valence-electron chi connectivity index (χ0n) is 11.0. The van der Waals surface area contributed by atoms with E-state index in [1.54, 1.807) is 6.20 Å². The maximum atomic E-state index is 12.0. The van der Waals surface area contributed by atoms with Crippen LogP contribution >= 0.6 is 0 Å². The van der Waals surface area contributed by atoms with Gasteiger partial charge in [0.2, 0.25) is 0 Å². The third-order valence-electron chi connectivity index (χ3n) is 3.01. The molecule has 0 amide bonds. The van der Waals surface area contributed by atoms with E-state index in [4.69, 9.17) is 4.74 Å². The van der Waals surface area contributed by atoms with Crippen LogP contribution in [0.15, 0.2) is 59.5 Å². The van der Waals surface area contributed by atoms with Crippen molar-refractivity contribution in [2.75, 3.05) is 6.61 Å². The number of fused-ring (bicyclic) bond motifs is 1. The quantitative estimate of drug-likeness (QED) is 0.665. The summed E-state index contributed by atoms with van der Waals surface area (Å²) in [5, 5.41) is 4.27. The Labute approximate surface area is 116 Å². The van der Waals surface area contributed by atoms with Crippen LogP contribution in [0.5, 0.6) is 5.75 Å². The number of pyridine rings is 1. The van der Waals surface area contributed by atoms with Gasteiger partial charge >= 0.3 is 5.69 Å². The predicted octanol–water partition coefficient (Wildman–Crippen LogP) is 1.97. The summed E-state index contributed by atoms with van der Waals surface area (Å²) >= 11 is 0. The zero-order valence-corrected chi connectivity index (χ0v) is 11.0. The van der Waals surface area contributed by atoms with Crippen molar-refractivity contribution in [2.45, 2.75) is 13.0 Å². The largest absolute Gasteiger partial charge is 0.494 e. The normalized spacial score (nSPS) is 10.8. The molecule has 0 aliphatic heterocycles. The lowest BCUT2D eigenvalue weighted by Crippen LogP contribution is -2.22. The molecule has 0 unspecified atom stereocenters. The fraction of sp³-hybridized carbons (Fsp3) is 0.200. The molecule has 5 nitrogen and oxygen atoms in total. The van der Waals surface area contributed by atoms with Crippen molar-refractivity contribution < 1.29 is 4.74 Å². The number of hydrogen-bond acceptors (Lipinski definition) is 3. The standard InChI is InChI=1S/C15H15N3O2/c19-15-17-10-5-4-9-14(17)16-18(15)11-6-12-20-13-7-2-1-3-8-13/h1-5,7-10H,6,11-12H2. The number of nitrogens with zero attached hydrogens (tertiary/aromatic N) is 3. The van der Waals surface area contributed by atoms with Crippen LogP contribution in [0.25, 0.3) is 5.65 Å².